The zero-order valence-electron chi connectivity index (χ0n) is 12.1. The number of amides is 2. The number of hydrogen-bond donors (Lipinski definition) is 1. The normalized spacial score (nSPS) is 44.0. The molecule has 1 N–H and O–H groups in total. The van der Waals surface area contributed by atoms with Gasteiger partial charge in [0, 0.05) is 0 Å². The number of carbonyl (C=O) groups is 3. The summed E-state index contributed by atoms with van der Waals surface area (Å²) >= 11 is 0. The standard InChI is InChI=1S/C16H19NO4/c1-6(2)13(16(20)21)17-14(18)11-7-3-4-8(10-5-9(7)10)12(11)15(17)19/h3-4,6-13H,5H2,1-2H3,(H,20,21)/t7-,8-,9-,10+,11-,12+,13+/m0/s1. The van der Waals surface area contributed by atoms with Crippen molar-refractivity contribution in [2.24, 2.45) is 41.4 Å². The highest BCUT2D eigenvalue weighted by atomic mass is 16.4. The van der Waals surface area contributed by atoms with Crippen LogP contribution in [0.2, 0.25) is 0 Å². The minimum atomic E-state index is -1.09. The molecule has 0 radical (unpaired) electrons. The molecule has 7 atom stereocenters. The van der Waals surface area contributed by atoms with Gasteiger partial charge in [0.2, 0.25) is 11.8 Å². The quantitative estimate of drug-likeness (QED) is 0.624. The van der Waals surface area contributed by atoms with E-state index in [0.717, 1.165) is 11.3 Å². The Labute approximate surface area is 123 Å². The lowest BCUT2D eigenvalue weighted by atomic mass is 9.63. The van der Waals surface area contributed by atoms with Crippen LogP contribution in [0.25, 0.3) is 0 Å². The van der Waals surface area contributed by atoms with Crippen LogP contribution in [-0.4, -0.2) is 33.8 Å². The summed E-state index contributed by atoms with van der Waals surface area (Å²) in [6.07, 6.45) is 5.31. The Kier molecular flexibility index (Phi) is 2.46. The van der Waals surface area contributed by atoms with Gasteiger partial charge in [0.05, 0.1) is 11.8 Å². The molecule has 0 aromatic carbocycles. The van der Waals surface area contributed by atoms with E-state index in [1.54, 1.807) is 13.8 Å². The highest BCUT2D eigenvalue weighted by Gasteiger charge is 2.68. The molecule has 0 aromatic rings. The SMILES string of the molecule is CC(C)[C@H](C(=O)O)N1C(=O)[C@@H]2[C@H]3C=C[C@@H]([C@@H]4C[C@H]34)[C@@H]2C1=O. The van der Waals surface area contributed by atoms with Crippen LogP contribution in [0.3, 0.4) is 0 Å². The Balaban J connectivity index is 1.73. The molecule has 1 aliphatic heterocycles. The average Bonchev–Trinajstić information content (AvgIpc) is 3.19. The second kappa shape index (κ2) is 3.96. The minimum Gasteiger partial charge on any atom is -0.480 e. The van der Waals surface area contributed by atoms with Gasteiger partial charge in [0.15, 0.2) is 0 Å². The smallest absolute Gasteiger partial charge is 0.327 e. The first-order valence-corrected chi connectivity index (χ1v) is 7.71. The number of aliphatic carboxylic acids is 1. The number of likely N-dealkylation sites (tertiary alicyclic amines) is 1. The fourth-order valence-electron chi connectivity index (χ4n) is 4.95. The fourth-order valence-corrected chi connectivity index (χ4v) is 4.95. The molecule has 5 rings (SSSR count). The number of rotatable bonds is 3. The van der Waals surface area contributed by atoms with E-state index in [4.69, 9.17) is 0 Å². The molecule has 0 aromatic heterocycles. The molecule has 2 bridgehead atoms. The number of carboxylic acids is 1. The van der Waals surface area contributed by atoms with Crippen LogP contribution in [0, 0.1) is 41.4 Å². The summed E-state index contributed by atoms with van der Waals surface area (Å²) in [5, 5.41) is 9.42. The first-order valence-electron chi connectivity index (χ1n) is 7.71. The zero-order chi connectivity index (χ0) is 15.0. The number of nitrogens with zero attached hydrogens (tertiary/aromatic N) is 1. The predicted octanol–water partition coefficient (Wildman–Crippen LogP) is 1.15. The highest BCUT2D eigenvalue weighted by Crippen LogP contribution is 2.65. The molecular formula is C16H19NO4. The van der Waals surface area contributed by atoms with E-state index in [1.165, 1.54) is 0 Å². The van der Waals surface area contributed by atoms with Crippen molar-refractivity contribution >= 4 is 17.8 Å². The molecule has 1 saturated heterocycles. The lowest BCUT2D eigenvalue weighted by Gasteiger charge is -2.37. The first kappa shape index (κ1) is 13.0. The Bertz CT molecular complexity index is 545. The van der Waals surface area contributed by atoms with Crippen molar-refractivity contribution in [3.8, 4) is 0 Å². The number of hydrogen-bond acceptors (Lipinski definition) is 3. The zero-order valence-corrected chi connectivity index (χ0v) is 12.1. The third-order valence-corrected chi connectivity index (χ3v) is 5.86. The molecule has 5 aliphatic rings. The summed E-state index contributed by atoms with van der Waals surface area (Å²) in [5.41, 5.74) is 0. The summed E-state index contributed by atoms with van der Waals surface area (Å²) in [5.74, 6) is -1.12. The van der Waals surface area contributed by atoms with E-state index in [0.29, 0.717) is 11.8 Å². The molecule has 0 unspecified atom stereocenters. The Hall–Kier alpha value is -1.65. The molecule has 2 saturated carbocycles. The lowest BCUT2D eigenvalue weighted by molar-refractivity contribution is -0.157. The average molecular weight is 289 g/mol. The van der Waals surface area contributed by atoms with Gasteiger partial charge in [0.25, 0.3) is 0 Å². The van der Waals surface area contributed by atoms with Gasteiger partial charge in [-0.3, -0.25) is 14.5 Å². The van der Waals surface area contributed by atoms with Gasteiger partial charge in [-0.05, 0) is 36.0 Å². The van der Waals surface area contributed by atoms with E-state index in [1.807, 2.05) is 0 Å². The summed E-state index contributed by atoms with van der Waals surface area (Å²) in [6.45, 7) is 3.48. The summed E-state index contributed by atoms with van der Waals surface area (Å²) in [6, 6.07) is -1.04. The molecule has 1 heterocycles. The van der Waals surface area contributed by atoms with Gasteiger partial charge in [0.1, 0.15) is 6.04 Å². The van der Waals surface area contributed by atoms with E-state index >= 15 is 0 Å². The molecule has 21 heavy (non-hydrogen) atoms. The minimum absolute atomic E-state index is 0.146. The molecule has 3 fully saturated rings. The molecule has 5 nitrogen and oxygen atoms in total. The maximum absolute atomic E-state index is 12.8. The number of carbonyl (C=O) groups excluding carboxylic acids is 2. The summed E-state index contributed by atoms with van der Waals surface area (Å²) < 4.78 is 0. The third-order valence-electron chi connectivity index (χ3n) is 5.86. The third kappa shape index (κ3) is 1.49. The van der Waals surface area contributed by atoms with E-state index in [9.17, 15) is 19.5 Å². The van der Waals surface area contributed by atoms with Crippen LogP contribution < -0.4 is 0 Å². The summed E-state index contributed by atoms with van der Waals surface area (Å²) in [7, 11) is 0. The van der Waals surface area contributed by atoms with Crippen LogP contribution in [0.1, 0.15) is 20.3 Å². The van der Waals surface area contributed by atoms with E-state index < -0.39 is 12.0 Å². The maximum Gasteiger partial charge on any atom is 0.327 e. The molecule has 2 amide bonds. The van der Waals surface area contributed by atoms with Crippen LogP contribution in [0.15, 0.2) is 12.2 Å². The van der Waals surface area contributed by atoms with Crippen molar-refractivity contribution in [2.75, 3.05) is 0 Å². The van der Waals surface area contributed by atoms with Crippen LogP contribution in [0.4, 0.5) is 0 Å². The van der Waals surface area contributed by atoms with Gasteiger partial charge < -0.3 is 5.11 Å². The Morgan fingerprint density at radius 3 is 2.00 bits per heavy atom. The topological polar surface area (TPSA) is 74.7 Å². The van der Waals surface area contributed by atoms with Gasteiger partial charge in [-0.2, -0.15) is 0 Å². The van der Waals surface area contributed by atoms with Crippen molar-refractivity contribution in [3.05, 3.63) is 12.2 Å². The monoisotopic (exact) mass is 289 g/mol. The fraction of sp³-hybridized carbons (Fsp3) is 0.688. The van der Waals surface area contributed by atoms with Gasteiger partial charge >= 0.3 is 5.97 Å². The van der Waals surface area contributed by atoms with Crippen LogP contribution >= 0.6 is 0 Å². The van der Waals surface area contributed by atoms with Crippen molar-refractivity contribution in [1.82, 2.24) is 4.90 Å². The lowest BCUT2D eigenvalue weighted by Crippen LogP contribution is -2.48. The van der Waals surface area contributed by atoms with E-state index in [-0.39, 0.29) is 41.4 Å². The molecule has 5 heteroatoms. The summed E-state index contributed by atoms with van der Waals surface area (Å²) in [4.78, 5) is 38.1. The second-order valence-electron chi connectivity index (χ2n) is 7.23. The molecular weight excluding hydrogens is 270 g/mol. The second-order valence-corrected chi connectivity index (χ2v) is 7.23. The number of carboxylic acid groups (broad SMARTS) is 1. The molecule has 4 aliphatic carbocycles. The number of imide groups is 1. The van der Waals surface area contributed by atoms with Crippen molar-refractivity contribution in [1.29, 1.82) is 0 Å². The number of allylic oxidation sites excluding steroid dienone is 2. The largest absolute Gasteiger partial charge is 0.480 e. The van der Waals surface area contributed by atoms with Crippen molar-refractivity contribution in [2.45, 2.75) is 26.3 Å². The van der Waals surface area contributed by atoms with Crippen molar-refractivity contribution < 1.29 is 19.5 Å². The van der Waals surface area contributed by atoms with E-state index in [2.05, 4.69) is 12.2 Å². The molecule has 0 spiro atoms. The van der Waals surface area contributed by atoms with Gasteiger partial charge in [-0.25, -0.2) is 4.79 Å². The molecule has 112 valence electrons. The Morgan fingerprint density at radius 1 is 1.14 bits per heavy atom. The maximum atomic E-state index is 12.8. The van der Waals surface area contributed by atoms with Gasteiger partial charge in [-0.1, -0.05) is 26.0 Å². The van der Waals surface area contributed by atoms with Crippen LogP contribution in [0.5, 0.6) is 0 Å². The Morgan fingerprint density at radius 2 is 1.62 bits per heavy atom. The first-order chi connectivity index (χ1) is 9.93. The highest BCUT2D eigenvalue weighted by molar-refractivity contribution is 6.08. The van der Waals surface area contributed by atoms with Crippen molar-refractivity contribution in [3.63, 3.8) is 0 Å². The van der Waals surface area contributed by atoms with Gasteiger partial charge in [-0.15, -0.1) is 0 Å². The predicted molar refractivity (Wildman–Crippen MR) is 72.8 cm³/mol. The van der Waals surface area contributed by atoms with Crippen LogP contribution in [-0.2, 0) is 14.4 Å².